The lowest BCUT2D eigenvalue weighted by Crippen LogP contribution is -2.45. The number of hydrogen-bond donors (Lipinski definition) is 3. The zero-order chi connectivity index (χ0) is 15.2. The van der Waals surface area contributed by atoms with E-state index >= 15 is 0 Å². The first-order valence-electron chi connectivity index (χ1n) is 7.14. The molecule has 1 saturated heterocycles. The minimum Gasteiger partial charge on any atom is -0.392 e. The number of aliphatic hydroxyl groups is 1. The maximum absolute atomic E-state index is 13.2. The van der Waals surface area contributed by atoms with Gasteiger partial charge in [0.25, 0.3) is 0 Å². The third-order valence-electron chi connectivity index (χ3n) is 3.61. The van der Waals surface area contributed by atoms with Gasteiger partial charge >= 0.3 is 6.03 Å². The molecular weight excluding hydrogens is 275 g/mol. The second kappa shape index (κ2) is 7.38. The van der Waals surface area contributed by atoms with Gasteiger partial charge in [0.05, 0.1) is 18.8 Å². The number of aliphatic hydroxyl groups excluding tert-OH is 1. The molecule has 0 aromatic heterocycles. The Morgan fingerprint density at radius 3 is 3.05 bits per heavy atom. The van der Waals surface area contributed by atoms with Crippen molar-refractivity contribution >= 4 is 6.03 Å². The van der Waals surface area contributed by atoms with Crippen molar-refractivity contribution in [3.8, 4) is 0 Å². The van der Waals surface area contributed by atoms with E-state index < -0.39 is 5.82 Å². The quantitative estimate of drug-likeness (QED) is 0.774. The Labute approximate surface area is 123 Å². The fraction of sp³-hybridized carbons (Fsp3) is 0.533. The van der Waals surface area contributed by atoms with Gasteiger partial charge in [0.15, 0.2) is 0 Å². The molecule has 0 aliphatic carbocycles. The van der Waals surface area contributed by atoms with Gasteiger partial charge in [0.1, 0.15) is 5.82 Å². The van der Waals surface area contributed by atoms with Crippen molar-refractivity contribution in [2.24, 2.45) is 0 Å². The number of halogens is 1. The molecule has 5 nitrogen and oxygen atoms in total. The van der Waals surface area contributed by atoms with E-state index in [0.717, 1.165) is 25.0 Å². The average Bonchev–Trinajstić information content (AvgIpc) is 3.00. The Balaban J connectivity index is 1.80. The van der Waals surface area contributed by atoms with Crippen LogP contribution in [0.25, 0.3) is 0 Å². The zero-order valence-corrected chi connectivity index (χ0v) is 12.1. The summed E-state index contributed by atoms with van der Waals surface area (Å²) in [6.45, 7) is 2.58. The maximum atomic E-state index is 13.2. The van der Waals surface area contributed by atoms with Crippen molar-refractivity contribution in [3.63, 3.8) is 0 Å². The van der Waals surface area contributed by atoms with Crippen molar-refractivity contribution in [1.82, 2.24) is 10.6 Å². The van der Waals surface area contributed by atoms with Crippen LogP contribution in [0, 0.1) is 5.82 Å². The molecule has 1 aliphatic rings. The van der Waals surface area contributed by atoms with E-state index in [-0.39, 0.29) is 36.9 Å². The number of carbonyl (C=O) groups is 1. The summed E-state index contributed by atoms with van der Waals surface area (Å²) in [6, 6.07) is 4.08. The molecule has 0 spiro atoms. The fourth-order valence-electron chi connectivity index (χ4n) is 2.39. The van der Waals surface area contributed by atoms with Crippen molar-refractivity contribution in [2.75, 3.05) is 6.61 Å². The van der Waals surface area contributed by atoms with Crippen molar-refractivity contribution < 1.29 is 19.0 Å². The van der Waals surface area contributed by atoms with Gasteiger partial charge in [-0.25, -0.2) is 9.18 Å². The Morgan fingerprint density at radius 1 is 1.57 bits per heavy atom. The van der Waals surface area contributed by atoms with Crippen LogP contribution in [0.3, 0.4) is 0 Å². The first-order chi connectivity index (χ1) is 10.1. The van der Waals surface area contributed by atoms with Gasteiger partial charge in [-0.2, -0.15) is 0 Å². The summed E-state index contributed by atoms with van der Waals surface area (Å²) in [5, 5.41) is 14.6. The van der Waals surface area contributed by atoms with Gasteiger partial charge in [-0.15, -0.1) is 0 Å². The number of ether oxygens (including phenoxy) is 1. The monoisotopic (exact) mass is 296 g/mol. The van der Waals surface area contributed by atoms with Crippen LogP contribution in [-0.2, 0) is 17.9 Å². The van der Waals surface area contributed by atoms with E-state index in [1.165, 1.54) is 6.07 Å². The number of carbonyl (C=O) groups excluding carboxylic acids is 1. The molecule has 1 aromatic rings. The number of hydrogen-bond acceptors (Lipinski definition) is 3. The molecule has 2 amide bonds. The van der Waals surface area contributed by atoms with Gasteiger partial charge in [-0.1, -0.05) is 6.07 Å². The van der Waals surface area contributed by atoms with Crippen LogP contribution in [0.1, 0.15) is 30.9 Å². The number of urea groups is 1. The minimum atomic E-state index is -0.447. The molecule has 0 saturated carbocycles. The van der Waals surface area contributed by atoms with Crippen molar-refractivity contribution in [2.45, 2.75) is 45.1 Å². The van der Waals surface area contributed by atoms with E-state index in [2.05, 4.69) is 10.6 Å². The van der Waals surface area contributed by atoms with Gasteiger partial charge in [0, 0.05) is 18.7 Å². The molecule has 1 aromatic carbocycles. The Hall–Kier alpha value is -1.66. The molecule has 1 heterocycles. The Morgan fingerprint density at radius 2 is 2.38 bits per heavy atom. The summed E-state index contributed by atoms with van der Waals surface area (Å²) in [4.78, 5) is 11.8. The molecular formula is C15H21FN2O3. The SMILES string of the molecule is CC(NC(=O)NCc1ccc(F)c(CO)c1)C1CCCO1. The van der Waals surface area contributed by atoms with Crippen LogP contribution < -0.4 is 10.6 Å². The molecule has 2 rings (SSSR count). The summed E-state index contributed by atoms with van der Waals surface area (Å²) in [5.74, 6) is -0.447. The van der Waals surface area contributed by atoms with Crippen LogP contribution >= 0.6 is 0 Å². The van der Waals surface area contributed by atoms with Gasteiger partial charge in [-0.05, 0) is 37.5 Å². The molecule has 1 aliphatic heterocycles. The number of rotatable bonds is 5. The lowest BCUT2D eigenvalue weighted by Gasteiger charge is -2.20. The maximum Gasteiger partial charge on any atom is 0.315 e. The fourth-order valence-corrected chi connectivity index (χ4v) is 2.39. The Kier molecular flexibility index (Phi) is 5.52. The van der Waals surface area contributed by atoms with E-state index in [1.807, 2.05) is 6.92 Å². The molecule has 21 heavy (non-hydrogen) atoms. The van der Waals surface area contributed by atoms with E-state index in [1.54, 1.807) is 12.1 Å². The third-order valence-corrected chi connectivity index (χ3v) is 3.61. The normalized spacial score (nSPS) is 19.3. The number of nitrogens with one attached hydrogen (secondary N) is 2. The van der Waals surface area contributed by atoms with Crippen molar-refractivity contribution in [3.05, 3.63) is 35.1 Å². The highest BCUT2D eigenvalue weighted by Crippen LogP contribution is 2.15. The summed E-state index contributed by atoms with van der Waals surface area (Å²) in [7, 11) is 0. The topological polar surface area (TPSA) is 70.6 Å². The summed E-state index contributed by atoms with van der Waals surface area (Å²) in [6.07, 6.45) is 2.06. The standard InChI is InChI=1S/C15H21FN2O3/c1-10(14-3-2-6-21-14)18-15(20)17-8-11-4-5-13(16)12(7-11)9-19/h4-5,7,10,14,19H,2-3,6,8-9H2,1H3,(H2,17,18,20). The van der Waals surface area contributed by atoms with Crippen LogP contribution in [0.15, 0.2) is 18.2 Å². The van der Waals surface area contributed by atoms with E-state index in [9.17, 15) is 9.18 Å². The number of benzene rings is 1. The lowest BCUT2D eigenvalue weighted by molar-refractivity contribution is 0.0860. The predicted octanol–water partition coefficient (Wildman–Crippen LogP) is 1.68. The van der Waals surface area contributed by atoms with Gasteiger partial charge in [-0.3, -0.25) is 0 Å². The smallest absolute Gasteiger partial charge is 0.315 e. The highest BCUT2D eigenvalue weighted by Gasteiger charge is 2.23. The zero-order valence-electron chi connectivity index (χ0n) is 12.1. The van der Waals surface area contributed by atoms with Crippen molar-refractivity contribution in [1.29, 1.82) is 0 Å². The third kappa shape index (κ3) is 4.41. The molecule has 6 heteroatoms. The first kappa shape index (κ1) is 15.7. The lowest BCUT2D eigenvalue weighted by atomic mass is 10.1. The second-order valence-corrected chi connectivity index (χ2v) is 5.25. The molecule has 2 unspecified atom stereocenters. The van der Waals surface area contributed by atoms with Gasteiger partial charge in [0.2, 0.25) is 0 Å². The van der Waals surface area contributed by atoms with Crippen LogP contribution in [0.2, 0.25) is 0 Å². The highest BCUT2D eigenvalue weighted by molar-refractivity contribution is 5.74. The van der Waals surface area contributed by atoms with Crippen LogP contribution in [0.4, 0.5) is 9.18 Å². The van der Waals surface area contributed by atoms with Crippen LogP contribution in [0.5, 0.6) is 0 Å². The van der Waals surface area contributed by atoms with E-state index in [0.29, 0.717) is 0 Å². The largest absolute Gasteiger partial charge is 0.392 e. The molecule has 0 bridgehead atoms. The molecule has 116 valence electrons. The number of amides is 2. The Bertz CT molecular complexity index is 490. The summed E-state index contributed by atoms with van der Waals surface area (Å²) in [5.41, 5.74) is 0.961. The average molecular weight is 296 g/mol. The second-order valence-electron chi connectivity index (χ2n) is 5.25. The summed E-state index contributed by atoms with van der Waals surface area (Å²) >= 11 is 0. The minimum absolute atomic E-state index is 0.0475. The summed E-state index contributed by atoms with van der Waals surface area (Å²) < 4.78 is 18.7. The predicted molar refractivity (Wildman–Crippen MR) is 76.1 cm³/mol. The molecule has 1 fully saturated rings. The molecule has 3 N–H and O–H groups in total. The van der Waals surface area contributed by atoms with Crippen LogP contribution in [-0.4, -0.2) is 29.9 Å². The highest BCUT2D eigenvalue weighted by atomic mass is 19.1. The van der Waals surface area contributed by atoms with E-state index in [4.69, 9.17) is 9.84 Å². The molecule has 2 atom stereocenters. The van der Waals surface area contributed by atoms with Gasteiger partial charge < -0.3 is 20.5 Å². The molecule has 0 radical (unpaired) electrons. The first-order valence-corrected chi connectivity index (χ1v) is 7.14.